The Balaban J connectivity index is 2.45. The fraction of sp³-hybridized carbons (Fsp3) is 0.417. The monoisotopic (exact) mass is 525 g/mol. The van der Waals surface area contributed by atoms with Crippen LogP contribution in [0.3, 0.4) is 0 Å². The number of sulfonamides is 1. The Bertz CT molecular complexity index is 1120. The molecular formula is C24H32ClN3O6S. The molecule has 0 spiro atoms. The lowest BCUT2D eigenvalue weighted by atomic mass is 10.1. The fourth-order valence-electron chi connectivity index (χ4n) is 3.35. The molecule has 2 rings (SSSR count). The summed E-state index contributed by atoms with van der Waals surface area (Å²) in [6.07, 6.45) is 1.74. The van der Waals surface area contributed by atoms with Gasteiger partial charge in [0.15, 0.2) is 0 Å². The van der Waals surface area contributed by atoms with Gasteiger partial charge in [-0.05, 0) is 43.2 Å². The standard InChI is InChI=1S/C24H32ClN3O6S/c1-6-13-26-24(30)17(2)27(15-18-7-9-19(25)10-8-18)23(29)16-28(35(5,31)32)21-14-20(33-3)11-12-22(21)34-4/h7-12,14,17H,6,13,15-16H2,1-5H3,(H,26,30)/t17-/m1/s1. The highest BCUT2D eigenvalue weighted by Gasteiger charge is 2.31. The molecule has 2 aromatic carbocycles. The zero-order chi connectivity index (χ0) is 26.2. The highest BCUT2D eigenvalue weighted by Crippen LogP contribution is 2.34. The second-order valence-corrected chi connectivity index (χ2v) is 10.3. The average Bonchev–Trinajstić information content (AvgIpc) is 2.83. The molecule has 192 valence electrons. The van der Waals surface area contributed by atoms with Gasteiger partial charge in [0.25, 0.3) is 0 Å². The molecule has 0 aliphatic carbocycles. The normalized spacial score (nSPS) is 11.9. The van der Waals surface area contributed by atoms with E-state index in [0.717, 1.165) is 22.5 Å². The largest absolute Gasteiger partial charge is 0.497 e. The van der Waals surface area contributed by atoms with E-state index in [9.17, 15) is 18.0 Å². The minimum absolute atomic E-state index is 0.0869. The molecule has 0 aliphatic heterocycles. The molecule has 1 N–H and O–H groups in total. The van der Waals surface area contributed by atoms with Gasteiger partial charge in [-0.15, -0.1) is 0 Å². The minimum Gasteiger partial charge on any atom is -0.497 e. The summed E-state index contributed by atoms with van der Waals surface area (Å²) >= 11 is 5.98. The summed E-state index contributed by atoms with van der Waals surface area (Å²) in [5, 5.41) is 3.32. The first kappa shape index (κ1) is 28.3. The first-order chi connectivity index (χ1) is 16.5. The summed E-state index contributed by atoms with van der Waals surface area (Å²) in [5.74, 6) is -0.248. The number of amides is 2. The zero-order valence-corrected chi connectivity index (χ0v) is 22.1. The van der Waals surface area contributed by atoms with E-state index in [0.29, 0.717) is 17.3 Å². The van der Waals surface area contributed by atoms with Gasteiger partial charge in [-0.1, -0.05) is 30.7 Å². The van der Waals surface area contributed by atoms with Crippen LogP contribution in [0, 0.1) is 0 Å². The minimum atomic E-state index is -3.91. The molecule has 2 aromatic rings. The van der Waals surface area contributed by atoms with Gasteiger partial charge in [-0.2, -0.15) is 0 Å². The van der Waals surface area contributed by atoms with Crippen LogP contribution in [0.4, 0.5) is 5.69 Å². The number of halogens is 1. The molecule has 11 heteroatoms. The smallest absolute Gasteiger partial charge is 0.244 e. The van der Waals surface area contributed by atoms with Gasteiger partial charge in [0.2, 0.25) is 21.8 Å². The van der Waals surface area contributed by atoms with Gasteiger partial charge in [-0.3, -0.25) is 13.9 Å². The first-order valence-electron chi connectivity index (χ1n) is 11.0. The van der Waals surface area contributed by atoms with Gasteiger partial charge in [-0.25, -0.2) is 8.42 Å². The van der Waals surface area contributed by atoms with Gasteiger partial charge in [0.05, 0.1) is 26.2 Å². The predicted molar refractivity (Wildman–Crippen MR) is 137 cm³/mol. The van der Waals surface area contributed by atoms with Crippen LogP contribution in [0.1, 0.15) is 25.8 Å². The molecule has 0 aromatic heterocycles. The number of hydrogen-bond acceptors (Lipinski definition) is 6. The van der Waals surface area contributed by atoms with Crippen molar-refractivity contribution in [3.05, 3.63) is 53.1 Å². The topological polar surface area (TPSA) is 105 Å². The van der Waals surface area contributed by atoms with Crippen molar-refractivity contribution in [2.45, 2.75) is 32.9 Å². The third-order valence-corrected chi connectivity index (χ3v) is 6.70. The van der Waals surface area contributed by atoms with E-state index >= 15 is 0 Å². The maximum atomic E-state index is 13.6. The van der Waals surface area contributed by atoms with Gasteiger partial charge < -0.3 is 19.7 Å². The van der Waals surface area contributed by atoms with Crippen molar-refractivity contribution in [2.24, 2.45) is 0 Å². The number of hydrogen-bond donors (Lipinski definition) is 1. The van der Waals surface area contributed by atoms with E-state index in [1.165, 1.54) is 25.2 Å². The number of nitrogens with one attached hydrogen (secondary N) is 1. The molecule has 0 bridgehead atoms. The molecule has 0 heterocycles. The lowest BCUT2D eigenvalue weighted by Crippen LogP contribution is -2.51. The van der Waals surface area contributed by atoms with Gasteiger partial charge in [0.1, 0.15) is 24.1 Å². The Morgan fingerprint density at radius 1 is 1.09 bits per heavy atom. The summed E-state index contributed by atoms with van der Waals surface area (Å²) in [7, 11) is -1.06. The van der Waals surface area contributed by atoms with Crippen molar-refractivity contribution in [1.29, 1.82) is 0 Å². The van der Waals surface area contributed by atoms with Crippen molar-refractivity contribution in [3.63, 3.8) is 0 Å². The summed E-state index contributed by atoms with van der Waals surface area (Å²) in [5.41, 5.74) is 0.889. The van der Waals surface area contributed by atoms with Crippen LogP contribution >= 0.6 is 11.6 Å². The molecule has 0 saturated heterocycles. The highest BCUT2D eigenvalue weighted by molar-refractivity contribution is 7.92. The number of anilines is 1. The quantitative estimate of drug-likeness (QED) is 0.456. The van der Waals surface area contributed by atoms with Crippen molar-refractivity contribution in [2.75, 3.05) is 37.9 Å². The van der Waals surface area contributed by atoms with Crippen molar-refractivity contribution in [3.8, 4) is 11.5 Å². The Labute approximate surface area is 212 Å². The van der Waals surface area contributed by atoms with Crippen molar-refractivity contribution < 1.29 is 27.5 Å². The van der Waals surface area contributed by atoms with Crippen LogP contribution in [-0.2, 0) is 26.2 Å². The van der Waals surface area contributed by atoms with E-state index in [1.54, 1.807) is 43.3 Å². The van der Waals surface area contributed by atoms with Crippen molar-refractivity contribution >= 4 is 39.1 Å². The van der Waals surface area contributed by atoms with Gasteiger partial charge in [0, 0.05) is 24.2 Å². The molecule has 1 atom stereocenters. The molecule has 9 nitrogen and oxygen atoms in total. The lowest BCUT2D eigenvalue weighted by molar-refractivity contribution is -0.139. The molecular weight excluding hydrogens is 494 g/mol. The van der Waals surface area contributed by atoms with Crippen molar-refractivity contribution in [1.82, 2.24) is 10.2 Å². The summed E-state index contributed by atoms with van der Waals surface area (Å²) < 4.78 is 37.0. The molecule has 0 fully saturated rings. The lowest BCUT2D eigenvalue weighted by Gasteiger charge is -2.32. The average molecular weight is 526 g/mol. The Morgan fingerprint density at radius 2 is 1.74 bits per heavy atom. The second-order valence-electron chi connectivity index (χ2n) is 7.92. The van der Waals surface area contributed by atoms with Crippen LogP contribution in [-0.4, -0.2) is 64.7 Å². The Kier molecular flexibility index (Phi) is 10.2. The fourth-order valence-corrected chi connectivity index (χ4v) is 4.32. The van der Waals surface area contributed by atoms with E-state index in [2.05, 4.69) is 5.32 Å². The summed E-state index contributed by atoms with van der Waals surface area (Å²) in [6.45, 7) is 3.54. The Hall–Kier alpha value is -2.98. The van der Waals surface area contributed by atoms with Crippen LogP contribution in [0.15, 0.2) is 42.5 Å². The molecule has 0 aliphatic rings. The maximum Gasteiger partial charge on any atom is 0.244 e. The highest BCUT2D eigenvalue weighted by atomic mass is 35.5. The predicted octanol–water partition coefficient (Wildman–Crippen LogP) is 3.07. The zero-order valence-electron chi connectivity index (χ0n) is 20.6. The third kappa shape index (κ3) is 7.76. The summed E-state index contributed by atoms with van der Waals surface area (Å²) in [6, 6.07) is 10.7. The molecule has 0 unspecified atom stereocenters. The maximum absolute atomic E-state index is 13.6. The van der Waals surface area contributed by atoms with E-state index in [4.69, 9.17) is 21.1 Å². The number of carbonyl (C=O) groups excluding carboxylic acids is 2. The van der Waals surface area contributed by atoms with E-state index in [1.807, 2.05) is 6.92 Å². The van der Waals surface area contributed by atoms with Crippen LogP contribution in [0.2, 0.25) is 5.02 Å². The number of benzene rings is 2. The van der Waals surface area contributed by atoms with E-state index in [-0.39, 0.29) is 23.9 Å². The first-order valence-corrected chi connectivity index (χ1v) is 13.3. The van der Waals surface area contributed by atoms with E-state index < -0.39 is 28.5 Å². The number of rotatable bonds is 12. The molecule has 0 saturated carbocycles. The number of ether oxygens (including phenoxy) is 2. The SMILES string of the molecule is CCCNC(=O)[C@@H](C)N(Cc1ccc(Cl)cc1)C(=O)CN(c1cc(OC)ccc1OC)S(C)(=O)=O. The summed E-state index contributed by atoms with van der Waals surface area (Å²) in [4.78, 5) is 27.6. The van der Waals surface area contributed by atoms with Crippen LogP contribution in [0.5, 0.6) is 11.5 Å². The molecule has 0 radical (unpaired) electrons. The van der Waals surface area contributed by atoms with Gasteiger partial charge >= 0.3 is 0 Å². The molecule has 2 amide bonds. The number of carbonyl (C=O) groups is 2. The van der Waals surface area contributed by atoms with Crippen LogP contribution in [0.25, 0.3) is 0 Å². The number of nitrogens with zero attached hydrogens (tertiary/aromatic N) is 2. The second kappa shape index (κ2) is 12.6. The third-order valence-electron chi connectivity index (χ3n) is 5.32. The number of methoxy groups -OCH3 is 2. The van der Waals surface area contributed by atoms with Crippen LogP contribution < -0.4 is 19.1 Å². The molecule has 35 heavy (non-hydrogen) atoms. The Morgan fingerprint density at radius 3 is 2.29 bits per heavy atom.